The van der Waals surface area contributed by atoms with Crippen molar-refractivity contribution in [2.45, 2.75) is 6.92 Å². The average Bonchev–Trinajstić information content (AvgIpc) is 2.98. The maximum atomic E-state index is 12.9. The van der Waals surface area contributed by atoms with Gasteiger partial charge < -0.3 is 14.8 Å². The molecule has 4 aromatic rings. The molecule has 0 aliphatic carbocycles. The van der Waals surface area contributed by atoms with Gasteiger partial charge in [-0.15, -0.1) is 0 Å². The van der Waals surface area contributed by atoms with Crippen LogP contribution in [0.4, 0.5) is 11.4 Å². The number of rotatable bonds is 10. The van der Waals surface area contributed by atoms with Crippen LogP contribution in [-0.2, 0) is 0 Å². The zero-order valence-electron chi connectivity index (χ0n) is 22.4. The predicted molar refractivity (Wildman–Crippen MR) is 162 cm³/mol. The normalized spacial score (nSPS) is 10.7. The molecular weight excluding hydrogens is 599 g/mol. The van der Waals surface area contributed by atoms with E-state index in [9.17, 15) is 24.5 Å². The highest BCUT2D eigenvalue weighted by Gasteiger charge is 2.17. The van der Waals surface area contributed by atoms with E-state index in [2.05, 4.69) is 15.8 Å². The first-order valence-electron chi connectivity index (χ1n) is 12.6. The van der Waals surface area contributed by atoms with Gasteiger partial charge in [-0.1, -0.05) is 35.3 Å². The predicted octanol–water partition coefficient (Wildman–Crippen LogP) is 6.54. The van der Waals surface area contributed by atoms with Crippen LogP contribution in [-0.4, -0.2) is 35.5 Å². The number of hydrazone groups is 1. The third-order valence-corrected chi connectivity index (χ3v) is 6.31. The molecule has 0 aliphatic heterocycles. The number of hydrogen-bond acceptors (Lipinski definition) is 8. The van der Waals surface area contributed by atoms with E-state index < -0.39 is 22.7 Å². The van der Waals surface area contributed by atoms with E-state index in [4.69, 9.17) is 32.7 Å². The van der Waals surface area contributed by atoms with Crippen molar-refractivity contribution < 1.29 is 28.8 Å². The van der Waals surface area contributed by atoms with Gasteiger partial charge >= 0.3 is 5.97 Å². The Balaban J connectivity index is 1.44. The number of nitrogens with zero attached hydrogens (tertiary/aromatic N) is 2. The smallest absolute Gasteiger partial charge is 0.345 e. The molecule has 2 amide bonds. The van der Waals surface area contributed by atoms with Gasteiger partial charge in [0.25, 0.3) is 17.5 Å². The number of halogens is 2. The number of para-hydroxylation sites is 1. The number of carbonyl (C=O) groups excluding carboxylic acids is 3. The van der Waals surface area contributed by atoms with Gasteiger partial charge in [0.05, 0.1) is 39.6 Å². The second-order valence-electron chi connectivity index (χ2n) is 8.66. The number of carbonyl (C=O) groups is 3. The molecule has 0 bridgehead atoms. The van der Waals surface area contributed by atoms with Crippen LogP contribution in [0.1, 0.15) is 43.6 Å². The number of amides is 2. The molecule has 0 heterocycles. The molecule has 43 heavy (non-hydrogen) atoms. The molecule has 0 atom stereocenters. The molecule has 13 heteroatoms. The maximum absolute atomic E-state index is 12.9. The van der Waals surface area contributed by atoms with E-state index in [-0.39, 0.29) is 51.2 Å². The second kappa shape index (κ2) is 14.1. The lowest BCUT2D eigenvalue weighted by Gasteiger charge is -2.12. The Kier molecular flexibility index (Phi) is 10.0. The lowest BCUT2D eigenvalue weighted by atomic mass is 10.1. The van der Waals surface area contributed by atoms with Gasteiger partial charge in [0.15, 0.2) is 11.5 Å². The summed E-state index contributed by atoms with van der Waals surface area (Å²) in [5.74, 6) is -1.45. The standard InChI is InChI=1S/C30H22Cl2N4O7/c1-2-42-27-15-18(7-14-26(27)43-30(39)22-13-10-20(31)16-24(22)32)17-33-35-29(38)23-5-3-4-6-25(23)34-28(37)19-8-11-21(12-9-19)36(40)41/h3-17H,2H2,1H3,(H,34,37)(H,35,38)/b33-17-. The molecule has 0 spiro atoms. The zero-order chi connectivity index (χ0) is 30.9. The largest absolute Gasteiger partial charge is 0.490 e. The van der Waals surface area contributed by atoms with Gasteiger partial charge in [-0.05, 0) is 73.2 Å². The molecule has 0 unspecified atom stereocenters. The monoisotopic (exact) mass is 620 g/mol. The Morgan fingerprint density at radius 3 is 2.35 bits per heavy atom. The van der Waals surface area contributed by atoms with E-state index in [0.717, 1.165) is 0 Å². The molecule has 0 radical (unpaired) electrons. The number of non-ortho nitro benzene ring substituents is 1. The van der Waals surface area contributed by atoms with Crippen LogP contribution < -0.4 is 20.2 Å². The molecule has 0 aliphatic rings. The summed E-state index contributed by atoms with van der Waals surface area (Å²) in [6.07, 6.45) is 1.36. The Morgan fingerprint density at radius 1 is 0.907 bits per heavy atom. The van der Waals surface area contributed by atoms with E-state index in [1.807, 2.05) is 0 Å². The van der Waals surface area contributed by atoms with Gasteiger partial charge in [-0.3, -0.25) is 19.7 Å². The Hall–Kier alpha value is -5.26. The minimum absolute atomic E-state index is 0.131. The topological polar surface area (TPSA) is 149 Å². The van der Waals surface area contributed by atoms with Crippen molar-refractivity contribution in [3.05, 3.63) is 127 Å². The summed E-state index contributed by atoms with van der Waals surface area (Å²) >= 11 is 12.0. The molecule has 0 saturated carbocycles. The van der Waals surface area contributed by atoms with Gasteiger partial charge in [0.1, 0.15) is 0 Å². The fourth-order valence-corrected chi connectivity index (χ4v) is 4.20. The van der Waals surface area contributed by atoms with Gasteiger partial charge in [0, 0.05) is 22.7 Å². The first-order valence-corrected chi connectivity index (χ1v) is 13.3. The van der Waals surface area contributed by atoms with Crippen molar-refractivity contribution >= 4 is 58.6 Å². The van der Waals surface area contributed by atoms with E-state index in [1.54, 1.807) is 31.2 Å². The summed E-state index contributed by atoms with van der Waals surface area (Å²) in [5.41, 5.74) is 3.42. The first-order chi connectivity index (χ1) is 20.7. The second-order valence-corrected chi connectivity index (χ2v) is 9.50. The fourth-order valence-electron chi connectivity index (χ4n) is 3.71. The summed E-state index contributed by atoms with van der Waals surface area (Å²) in [6, 6.07) is 20.4. The van der Waals surface area contributed by atoms with Crippen LogP contribution >= 0.6 is 23.2 Å². The molecule has 218 valence electrons. The number of nitro groups is 1. The van der Waals surface area contributed by atoms with E-state index >= 15 is 0 Å². The van der Waals surface area contributed by atoms with Crippen LogP contribution in [0.5, 0.6) is 11.5 Å². The van der Waals surface area contributed by atoms with Crippen molar-refractivity contribution in [1.82, 2.24) is 5.43 Å². The number of esters is 1. The lowest BCUT2D eigenvalue weighted by Crippen LogP contribution is -2.21. The minimum Gasteiger partial charge on any atom is -0.490 e. The third-order valence-electron chi connectivity index (χ3n) is 5.76. The third kappa shape index (κ3) is 7.94. The average molecular weight is 621 g/mol. The molecule has 11 nitrogen and oxygen atoms in total. The number of ether oxygens (including phenoxy) is 2. The van der Waals surface area contributed by atoms with Gasteiger partial charge in [-0.25, -0.2) is 10.2 Å². The van der Waals surface area contributed by atoms with Crippen molar-refractivity contribution in [3.8, 4) is 11.5 Å². The summed E-state index contributed by atoms with van der Waals surface area (Å²) in [5, 5.41) is 18.0. The lowest BCUT2D eigenvalue weighted by molar-refractivity contribution is -0.384. The number of hydrogen-bond donors (Lipinski definition) is 2. The van der Waals surface area contributed by atoms with Crippen LogP contribution in [0, 0.1) is 10.1 Å². The van der Waals surface area contributed by atoms with E-state index in [1.165, 1.54) is 66.9 Å². The summed E-state index contributed by atoms with van der Waals surface area (Å²) in [7, 11) is 0. The maximum Gasteiger partial charge on any atom is 0.345 e. The Labute approximate surface area is 255 Å². The molecule has 2 N–H and O–H groups in total. The van der Waals surface area contributed by atoms with Crippen LogP contribution in [0.3, 0.4) is 0 Å². The Morgan fingerprint density at radius 2 is 1.65 bits per heavy atom. The number of anilines is 1. The summed E-state index contributed by atoms with van der Waals surface area (Å²) in [6.45, 7) is 2.05. The fraction of sp³-hybridized carbons (Fsp3) is 0.0667. The van der Waals surface area contributed by atoms with Crippen molar-refractivity contribution in [1.29, 1.82) is 0 Å². The van der Waals surface area contributed by atoms with Crippen molar-refractivity contribution in [2.24, 2.45) is 5.10 Å². The van der Waals surface area contributed by atoms with E-state index in [0.29, 0.717) is 10.6 Å². The highest BCUT2D eigenvalue weighted by molar-refractivity contribution is 6.36. The first kappa shape index (κ1) is 30.7. The summed E-state index contributed by atoms with van der Waals surface area (Å²) < 4.78 is 11.1. The quantitative estimate of drug-likeness (QED) is 0.0672. The molecule has 0 fully saturated rings. The summed E-state index contributed by atoms with van der Waals surface area (Å²) in [4.78, 5) is 48.5. The van der Waals surface area contributed by atoms with Crippen LogP contribution in [0.15, 0.2) is 90.0 Å². The molecular formula is C30H22Cl2N4O7. The molecule has 0 saturated heterocycles. The number of benzene rings is 4. The SMILES string of the molecule is CCOc1cc(/C=N\NC(=O)c2ccccc2NC(=O)c2ccc([N+](=O)[O-])cc2)ccc1OC(=O)c1ccc(Cl)cc1Cl. The van der Waals surface area contributed by atoms with Gasteiger partial charge in [-0.2, -0.15) is 5.10 Å². The Bertz CT molecular complexity index is 1730. The van der Waals surface area contributed by atoms with Crippen molar-refractivity contribution in [2.75, 3.05) is 11.9 Å². The van der Waals surface area contributed by atoms with Crippen molar-refractivity contribution in [3.63, 3.8) is 0 Å². The minimum atomic E-state index is -0.698. The highest BCUT2D eigenvalue weighted by atomic mass is 35.5. The molecule has 4 aromatic carbocycles. The van der Waals surface area contributed by atoms with Crippen LogP contribution in [0.25, 0.3) is 0 Å². The molecule has 0 aromatic heterocycles. The number of nitrogens with one attached hydrogen (secondary N) is 2. The highest BCUT2D eigenvalue weighted by Crippen LogP contribution is 2.30. The zero-order valence-corrected chi connectivity index (χ0v) is 23.9. The van der Waals surface area contributed by atoms with Crippen LogP contribution in [0.2, 0.25) is 10.0 Å². The number of nitro benzene ring substituents is 1. The molecule has 4 rings (SSSR count). The van der Waals surface area contributed by atoms with Gasteiger partial charge in [0.2, 0.25) is 0 Å².